The van der Waals surface area contributed by atoms with Gasteiger partial charge in [0.15, 0.2) is 6.61 Å². The van der Waals surface area contributed by atoms with Gasteiger partial charge >= 0.3 is 6.18 Å². The van der Waals surface area contributed by atoms with E-state index in [2.05, 4.69) is 5.32 Å². The number of likely N-dealkylation sites (N-methyl/N-ethyl adjacent to an activating group) is 1. The highest BCUT2D eigenvalue weighted by molar-refractivity contribution is 5.85. The van der Waals surface area contributed by atoms with E-state index in [1.54, 1.807) is 0 Å². The third kappa shape index (κ3) is 6.89. The van der Waals surface area contributed by atoms with Gasteiger partial charge in [0, 0.05) is 12.6 Å². The summed E-state index contributed by atoms with van der Waals surface area (Å²) in [5, 5.41) is 2.70. The van der Waals surface area contributed by atoms with Crippen molar-refractivity contribution in [2.75, 3.05) is 20.2 Å². The number of nitrogens with zero attached hydrogens (tertiary/aromatic N) is 1. The predicted octanol–water partition coefficient (Wildman–Crippen LogP) is 2.46. The number of ether oxygens (including phenoxy) is 1. The van der Waals surface area contributed by atoms with Gasteiger partial charge in [0.05, 0.1) is 12.1 Å². The summed E-state index contributed by atoms with van der Waals surface area (Å²) in [4.78, 5) is 24.8. The number of carbonyl (C=O) groups is 2. The molecule has 0 saturated carbocycles. The summed E-state index contributed by atoms with van der Waals surface area (Å²) in [6.45, 7) is 4.80. The average Bonchev–Trinajstić information content (AvgIpc) is 2.41. The van der Waals surface area contributed by atoms with E-state index in [1.165, 1.54) is 19.2 Å². The van der Waals surface area contributed by atoms with Crippen LogP contribution in [0.5, 0.6) is 5.75 Å². The quantitative estimate of drug-likeness (QED) is 0.891. The molecule has 0 aliphatic carbocycles. The molecular formula is C16H21F3N2O3. The molecule has 0 spiro atoms. The molecule has 0 aliphatic rings. The van der Waals surface area contributed by atoms with E-state index in [1.807, 2.05) is 20.8 Å². The number of hydrogen-bond acceptors (Lipinski definition) is 3. The lowest BCUT2D eigenvalue weighted by Gasteiger charge is -2.23. The zero-order chi connectivity index (χ0) is 18.5. The number of hydrogen-bond donors (Lipinski definition) is 1. The maximum absolute atomic E-state index is 12.6. The van der Waals surface area contributed by atoms with Crippen LogP contribution in [0.2, 0.25) is 0 Å². The van der Waals surface area contributed by atoms with Gasteiger partial charge in [-0.3, -0.25) is 9.59 Å². The molecule has 1 aromatic carbocycles. The van der Waals surface area contributed by atoms with Gasteiger partial charge in [-0.05, 0) is 39.0 Å². The Kier molecular flexibility index (Phi) is 6.22. The predicted molar refractivity (Wildman–Crippen MR) is 82.5 cm³/mol. The third-order valence-electron chi connectivity index (χ3n) is 2.84. The van der Waals surface area contributed by atoms with Crippen LogP contribution in [0.4, 0.5) is 13.2 Å². The summed E-state index contributed by atoms with van der Waals surface area (Å²) < 4.78 is 42.9. The van der Waals surface area contributed by atoms with E-state index in [0.717, 1.165) is 17.0 Å². The lowest BCUT2D eigenvalue weighted by molar-refractivity contribution is -0.138. The molecule has 24 heavy (non-hydrogen) atoms. The molecule has 0 atom stereocenters. The normalized spacial score (nSPS) is 11.8. The highest BCUT2D eigenvalue weighted by atomic mass is 19.4. The summed E-state index contributed by atoms with van der Waals surface area (Å²) in [7, 11) is 1.42. The van der Waals surface area contributed by atoms with Crippen LogP contribution in [-0.2, 0) is 15.8 Å². The van der Waals surface area contributed by atoms with Gasteiger partial charge in [0.2, 0.25) is 5.91 Å². The summed E-state index contributed by atoms with van der Waals surface area (Å²) in [5.41, 5.74) is -1.28. The van der Waals surface area contributed by atoms with E-state index < -0.39 is 29.8 Å². The fourth-order valence-corrected chi connectivity index (χ4v) is 1.78. The SMILES string of the molecule is CN(CC(=O)NC(C)(C)C)C(=O)COc1cccc(C(F)(F)F)c1. The maximum Gasteiger partial charge on any atom is 0.416 e. The average molecular weight is 346 g/mol. The van der Waals surface area contributed by atoms with E-state index in [4.69, 9.17) is 4.74 Å². The molecule has 1 aromatic rings. The number of benzene rings is 1. The summed E-state index contributed by atoms with van der Waals surface area (Å²) in [6.07, 6.45) is -4.48. The zero-order valence-electron chi connectivity index (χ0n) is 14.0. The Bertz CT molecular complexity index is 595. The summed E-state index contributed by atoms with van der Waals surface area (Å²) in [5.74, 6) is -0.917. The van der Waals surface area contributed by atoms with Crippen LogP contribution in [0, 0.1) is 0 Å². The molecule has 0 bridgehead atoms. The first-order valence-electron chi connectivity index (χ1n) is 7.23. The van der Waals surface area contributed by atoms with Crippen molar-refractivity contribution in [2.45, 2.75) is 32.5 Å². The molecule has 8 heteroatoms. The zero-order valence-corrected chi connectivity index (χ0v) is 14.0. The van der Waals surface area contributed by atoms with Gasteiger partial charge in [0.1, 0.15) is 5.75 Å². The molecule has 0 aromatic heterocycles. The Labute approximate surface area is 138 Å². The molecule has 5 nitrogen and oxygen atoms in total. The molecule has 1 rings (SSSR count). The lowest BCUT2D eigenvalue weighted by Crippen LogP contribution is -2.47. The van der Waals surface area contributed by atoms with Crippen LogP contribution in [-0.4, -0.2) is 42.5 Å². The van der Waals surface area contributed by atoms with E-state index in [-0.39, 0.29) is 18.2 Å². The van der Waals surface area contributed by atoms with Crippen molar-refractivity contribution >= 4 is 11.8 Å². The van der Waals surface area contributed by atoms with Crippen LogP contribution < -0.4 is 10.1 Å². The molecule has 2 amide bonds. The monoisotopic (exact) mass is 346 g/mol. The molecule has 134 valence electrons. The number of halogens is 3. The van der Waals surface area contributed by atoms with E-state index >= 15 is 0 Å². The minimum absolute atomic E-state index is 0.0641. The van der Waals surface area contributed by atoms with Crippen LogP contribution >= 0.6 is 0 Å². The van der Waals surface area contributed by atoms with Gasteiger partial charge in [0.25, 0.3) is 5.91 Å². The minimum atomic E-state index is -4.48. The number of alkyl halides is 3. The first-order valence-corrected chi connectivity index (χ1v) is 7.23. The highest BCUT2D eigenvalue weighted by Crippen LogP contribution is 2.31. The third-order valence-corrected chi connectivity index (χ3v) is 2.84. The topological polar surface area (TPSA) is 58.6 Å². The van der Waals surface area contributed by atoms with Crippen LogP contribution in [0.25, 0.3) is 0 Å². The van der Waals surface area contributed by atoms with Crippen molar-refractivity contribution in [3.05, 3.63) is 29.8 Å². The number of nitrogens with one attached hydrogen (secondary N) is 1. The highest BCUT2D eigenvalue weighted by Gasteiger charge is 2.30. The van der Waals surface area contributed by atoms with Crippen molar-refractivity contribution < 1.29 is 27.5 Å². The fourth-order valence-electron chi connectivity index (χ4n) is 1.78. The first kappa shape index (κ1) is 19.8. The Hall–Kier alpha value is -2.25. The second kappa shape index (κ2) is 7.55. The molecule has 0 fully saturated rings. The number of amides is 2. The molecular weight excluding hydrogens is 325 g/mol. The Morgan fingerprint density at radius 1 is 1.21 bits per heavy atom. The van der Waals surface area contributed by atoms with Crippen molar-refractivity contribution in [3.63, 3.8) is 0 Å². The summed E-state index contributed by atoms with van der Waals surface area (Å²) >= 11 is 0. The molecule has 0 radical (unpaired) electrons. The Balaban J connectivity index is 2.55. The fraction of sp³-hybridized carbons (Fsp3) is 0.500. The minimum Gasteiger partial charge on any atom is -0.484 e. The van der Waals surface area contributed by atoms with Crippen molar-refractivity contribution in [3.8, 4) is 5.75 Å². The molecule has 0 saturated heterocycles. The largest absolute Gasteiger partial charge is 0.484 e. The Morgan fingerprint density at radius 3 is 2.38 bits per heavy atom. The van der Waals surface area contributed by atoms with Crippen LogP contribution in [0.1, 0.15) is 26.3 Å². The van der Waals surface area contributed by atoms with Crippen molar-refractivity contribution in [1.82, 2.24) is 10.2 Å². The molecule has 1 N–H and O–H groups in total. The lowest BCUT2D eigenvalue weighted by atomic mass is 10.1. The smallest absolute Gasteiger partial charge is 0.416 e. The maximum atomic E-state index is 12.6. The standard InChI is InChI=1S/C16H21F3N2O3/c1-15(2,3)20-13(22)9-21(4)14(23)10-24-12-7-5-6-11(8-12)16(17,18)19/h5-8H,9-10H2,1-4H3,(H,20,22). The van der Waals surface area contributed by atoms with E-state index in [9.17, 15) is 22.8 Å². The first-order chi connectivity index (χ1) is 10.9. The number of carbonyl (C=O) groups excluding carboxylic acids is 2. The van der Waals surface area contributed by atoms with Gasteiger partial charge < -0.3 is 15.0 Å². The van der Waals surface area contributed by atoms with Gasteiger partial charge in [-0.25, -0.2) is 0 Å². The van der Waals surface area contributed by atoms with Gasteiger partial charge in [-0.2, -0.15) is 13.2 Å². The van der Waals surface area contributed by atoms with E-state index in [0.29, 0.717) is 0 Å². The van der Waals surface area contributed by atoms with Crippen molar-refractivity contribution in [2.24, 2.45) is 0 Å². The molecule has 0 heterocycles. The van der Waals surface area contributed by atoms with Crippen molar-refractivity contribution in [1.29, 1.82) is 0 Å². The second-order valence-electron chi connectivity index (χ2n) is 6.36. The summed E-state index contributed by atoms with van der Waals surface area (Å²) in [6, 6.07) is 4.26. The van der Waals surface area contributed by atoms with Gasteiger partial charge in [-0.1, -0.05) is 6.07 Å². The van der Waals surface area contributed by atoms with Crippen LogP contribution in [0.15, 0.2) is 24.3 Å². The van der Waals surface area contributed by atoms with Gasteiger partial charge in [-0.15, -0.1) is 0 Å². The number of rotatable bonds is 5. The molecule has 0 unspecified atom stereocenters. The second-order valence-corrected chi connectivity index (χ2v) is 6.36. The molecule has 0 aliphatic heterocycles. The Morgan fingerprint density at radius 2 is 1.83 bits per heavy atom. The van der Waals surface area contributed by atoms with Crippen LogP contribution in [0.3, 0.4) is 0 Å².